The lowest BCUT2D eigenvalue weighted by Gasteiger charge is -2.20. The molecular weight excluding hydrogens is 298 g/mol. The van der Waals surface area contributed by atoms with Gasteiger partial charge in [-0.2, -0.15) is 0 Å². The Morgan fingerprint density at radius 1 is 1.00 bits per heavy atom. The average molecular weight is 318 g/mol. The van der Waals surface area contributed by atoms with Crippen molar-refractivity contribution in [3.63, 3.8) is 0 Å². The van der Waals surface area contributed by atoms with Crippen LogP contribution in [0.1, 0.15) is 35.2 Å². The van der Waals surface area contributed by atoms with Gasteiger partial charge in [-0.15, -0.1) is 0 Å². The summed E-state index contributed by atoms with van der Waals surface area (Å²) in [7, 11) is 0. The van der Waals surface area contributed by atoms with Gasteiger partial charge >= 0.3 is 0 Å². The highest BCUT2D eigenvalue weighted by Gasteiger charge is 2.13. The van der Waals surface area contributed by atoms with E-state index in [9.17, 15) is 0 Å². The molecule has 0 aliphatic heterocycles. The molecule has 0 heterocycles. The van der Waals surface area contributed by atoms with Crippen molar-refractivity contribution in [2.45, 2.75) is 26.8 Å². The van der Waals surface area contributed by atoms with Gasteiger partial charge in [-0.25, -0.2) is 0 Å². The Labute approximate surface area is 124 Å². The molecule has 0 aromatic heterocycles. The van der Waals surface area contributed by atoms with E-state index in [1.54, 1.807) is 0 Å². The van der Waals surface area contributed by atoms with Crippen LogP contribution in [0.4, 0.5) is 0 Å². The van der Waals surface area contributed by atoms with Gasteiger partial charge in [0, 0.05) is 4.47 Å². The molecule has 1 atom stereocenters. The maximum Gasteiger partial charge on any atom is 0.0577 e. The van der Waals surface area contributed by atoms with Crippen molar-refractivity contribution in [3.05, 3.63) is 69.2 Å². The van der Waals surface area contributed by atoms with Crippen LogP contribution in [-0.4, -0.2) is 6.54 Å². The topological polar surface area (TPSA) is 12.0 Å². The molecule has 0 aliphatic rings. The molecule has 1 nitrogen and oxygen atoms in total. The van der Waals surface area contributed by atoms with Crippen molar-refractivity contribution in [2.75, 3.05) is 6.54 Å². The normalized spacial score (nSPS) is 12.4. The van der Waals surface area contributed by atoms with E-state index in [2.05, 4.69) is 84.5 Å². The second-order valence-electron chi connectivity index (χ2n) is 4.97. The summed E-state index contributed by atoms with van der Waals surface area (Å²) in [6.45, 7) is 7.40. The highest BCUT2D eigenvalue weighted by atomic mass is 79.9. The number of benzene rings is 2. The molecule has 100 valence electrons. The summed E-state index contributed by atoms with van der Waals surface area (Å²) in [5.41, 5.74) is 5.25. The third kappa shape index (κ3) is 3.68. The third-order valence-electron chi connectivity index (χ3n) is 3.17. The van der Waals surface area contributed by atoms with Crippen LogP contribution in [0.5, 0.6) is 0 Å². The highest BCUT2D eigenvalue weighted by Crippen LogP contribution is 2.26. The Bertz CT molecular complexity index is 543. The molecule has 0 bridgehead atoms. The van der Waals surface area contributed by atoms with E-state index in [4.69, 9.17) is 0 Å². The molecule has 1 N–H and O–H groups in total. The predicted octanol–water partition coefficient (Wildman–Crippen LogP) is 4.76. The van der Waals surface area contributed by atoms with Crippen LogP contribution < -0.4 is 5.32 Å². The van der Waals surface area contributed by atoms with E-state index in [0.29, 0.717) is 0 Å². The van der Waals surface area contributed by atoms with Gasteiger partial charge in [0.1, 0.15) is 0 Å². The van der Waals surface area contributed by atoms with E-state index in [-0.39, 0.29) is 6.04 Å². The summed E-state index contributed by atoms with van der Waals surface area (Å²) in [5, 5.41) is 3.58. The van der Waals surface area contributed by atoms with Gasteiger partial charge in [0.25, 0.3) is 0 Å². The molecule has 1 unspecified atom stereocenters. The summed E-state index contributed by atoms with van der Waals surface area (Å²) < 4.78 is 1.12. The molecule has 0 radical (unpaired) electrons. The standard InChI is InChI=1S/C17H20BrN/c1-4-19-17(14-6-5-7-16(18)11-14)15-9-12(2)8-13(3)10-15/h5-11,17,19H,4H2,1-3H3. The van der Waals surface area contributed by atoms with Crippen LogP contribution in [-0.2, 0) is 0 Å². The minimum Gasteiger partial charge on any atom is -0.307 e. The third-order valence-corrected chi connectivity index (χ3v) is 3.66. The smallest absolute Gasteiger partial charge is 0.0577 e. The molecule has 2 aromatic carbocycles. The zero-order valence-electron chi connectivity index (χ0n) is 11.7. The fraction of sp³-hybridized carbons (Fsp3) is 0.294. The number of rotatable bonds is 4. The molecule has 0 aliphatic carbocycles. The van der Waals surface area contributed by atoms with Gasteiger partial charge in [0.2, 0.25) is 0 Å². The zero-order valence-corrected chi connectivity index (χ0v) is 13.3. The van der Waals surface area contributed by atoms with Gasteiger partial charge in [-0.1, -0.05) is 64.3 Å². The van der Waals surface area contributed by atoms with Crippen molar-refractivity contribution in [2.24, 2.45) is 0 Å². The van der Waals surface area contributed by atoms with Crippen molar-refractivity contribution in [1.29, 1.82) is 0 Å². The van der Waals surface area contributed by atoms with Gasteiger partial charge in [0.05, 0.1) is 6.04 Å². The molecule has 0 spiro atoms. The Hall–Kier alpha value is -1.12. The molecule has 0 saturated carbocycles. The molecule has 0 amide bonds. The molecule has 2 heteroatoms. The van der Waals surface area contributed by atoms with E-state index in [0.717, 1.165) is 11.0 Å². The Kier molecular flexibility index (Phi) is 4.78. The first-order chi connectivity index (χ1) is 9.10. The van der Waals surface area contributed by atoms with Crippen LogP contribution in [0.25, 0.3) is 0 Å². The lowest BCUT2D eigenvalue weighted by Crippen LogP contribution is -2.22. The van der Waals surface area contributed by atoms with Gasteiger partial charge in [-0.05, 0) is 43.7 Å². The van der Waals surface area contributed by atoms with E-state index < -0.39 is 0 Å². The Morgan fingerprint density at radius 3 is 2.26 bits per heavy atom. The first kappa shape index (κ1) is 14.3. The number of hydrogen-bond donors (Lipinski definition) is 1. The fourth-order valence-corrected chi connectivity index (χ4v) is 2.91. The molecule has 2 rings (SSSR count). The predicted molar refractivity (Wildman–Crippen MR) is 85.6 cm³/mol. The molecular formula is C17H20BrN. The van der Waals surface area contributed by atoms with Crippen molar-refractivity contribution in [3.8, 4) is 0 Å². The van der Waals surface area contributed by atoms with Gasteiger partial charge in [-0.3, -0.25) is 0 Å². The van der Waals surface area contributed by atoms with Crippen LogP contribution in [0.2, 0.25) is 0 Å². The second-order valence-corrected chi connectivity index (χ2v) is 5.88. The van der Waals surface area contributed by atoms with E-state index in [1.165, 1.54) is 22.3 Å². The lowest BCUT2D eigenvalue weighted by molar-refractivity contribution is 0.629. The largest absolute Gasteiger partial charge is 0.307 e. The van der Waals surface area contributed by atoms with Crippen molar-refractivity contribution in [1.82, 2.24) is 5.32 Å². The monoisotopic (exact) mass is 317 g/mol. The minimum atomic E-state index is 0.251. The molecule has 2 aromatic rings. The van der Waals surface area contributed by atoms with Crippen LogP contribution in [0, 0.1) is 13.8 Å². The number of halogens is 1. The fourth-order valence-electron chi connectivity index (χ4n) is 2.49. The van der Waals surface area contributed by atoms with Crippen LogP contribution in [0.15, 0.2) is 46.9 Å². The first-order valence-electron chi connectivity index (χ1n) is 6.67. The summed E-state index contributed by atoms with van der Waals surface area (Å²) in [6, 6.07) is 15.5. The molecule has 19 heavy (non-hydrogen) atoms. The Morgan fingerprint density at radius 2 is 1.68 bits per heavy atom. The highest BCUT2D eigenvalue weighted by molar-refractivity contribution is 9.10. The zero-order chi connectivity index (χ0) is 13.8. The maximum atomic E-state index is 3.58. The number of hydrogen-bond acceptors (Lipinski definition) is 1. The van der Waals surface area contributed by atoms with Gasteiger partial charge in [0.15, 0.2) is 0 Å². The molecule has 0 fully saturated rings. The first-order valence-corrected chi connectivity index (χ1v) is 7.46. The number of aryl methyl sites for hydroxylation is 2. The summed E-state index contributed by atoms with van der Waals surface area (Å²) in [5.74, 6) is 0. The van der Waals surface area contributed by atoms with E-state index >= 15 is 0 Å². The minimum absolute atomic E-state index is 0.251. The van der Waals surface area contributed by atoms with Crippen molar-refractivity contribution < 1.29 is 0 Å². The molecule has 0 saturated heterocycles. The van der Waals surface area contributed by atoms with Crippen molar-refractivity contribution >= 4 is 15.9 Å². The van der Waals surface area contributed by atoms with Crippen LogP contribution in [0.3, 0.4) is 0 Å². The second kappa shape index (κ2) is 6.36. The maximum absolute atomic E-state index is 3.58. The van der Waals surface area contributed by atoms with E-state index in [1.807, 2.05) is 0 Å². The summed E-state index contributed by atoms with van der Waals surface area (Å²) >= 11 is 3.56. The Balaban J connectivity index is 2.44. The quantitative estimate of drug-likeness (QED) is 0.856. The summed E-state index contributed by atoms with van der Waals surface area (Å²) in [6.07, 6.45) is 0. The van der Waals surface area contributed by atoms with Gasteiger partial charge < -0.3 is 5.32 Å². The average Bonchev–Trinajstić information content (AvgIpc) is 2.34. The SMILES string of the molecule is CCNC(c1cc(C)cc(C)c1)c1cccc(Br)c1. The lowest BCUT2D eigenvalue weighted by atomic mass is 9.95. The number of nitrogens with one attached hydrogen (secondary N) is 1. The van der Waals surface area contributed by atoms with Crippen LogP contribution >= 0.6 is 15.9 Å². The summed E-state index contributed by atoms with van der Waals surface area (Å²) in [4.78, 5) is 0.